The van der Waals surface area contributed by atoms with E-state index < -0.39 is 10.0 Å². The normalized spacial score (nSPS) is 11.3. The summed E-state index contributed by atoms with van der Waals surface area (Å²) in [6.07, 6.45) is 0. The number of hydrogen-bond acceptors (Lipinski definition) is 3. The number of nitrogens with one attached hydrogen (secondary N) is 2. The molecule has 0 spiro atoms. The minimum Gasteiger partial charge on any atom is -0.341 e. The highest BCUT2D eigenvalue weighted by Crippen LogP contribution is 2.19. The Morgan fingerprint density at radius 3 is 2.22 bits per heavy atom. The summed E-state index contributed by atoms with van der Waals surface area (Å²) < 4.78 is 26.4. The molecule has 0 fully saturated rings. The molecule has 2 aromatic rings. The Balaban J connectivity index is 2.14. The summed E-state index contributed by atoms with van der Waals surface area (Å²) in [6.45, 7) is 0.293. The van der Waals surface area contributed by atoms with Crippen LogP contribution in [0.3, 0.4) is 0 Å². The van der Waals surface area contributed by atoms with Crippen LogP contribution < -0.4 is 10.6 Å². The van der Waals surface area contributed by atoms with E-state index in [1.807, 2.05) is 30.3 Å². The summed E-state index contributed by atoms with van der Waals surface area (Å²) in [5.41, 5.74) is 1.44. The lowest BCUT2D eigenvalue weighted by molar-refractivity contribution is 0.254. The monoisotopic (exact) mass is 333 g/mol. The molecule has 0 radical (unpaired) electrons. The molecule has 6 nitrogen and oxygen atoms in total. The molecule has 0 unspecified atom stereocenters. The first-order chi connectivity index (χ1) is 10.9. The van der Waals surface area contributed by atoms with Gasteiger partial charge in [0.15, 0.2) is 0 Å². The highest BCUT2D eigenvalue weighted by molar-refractivity contribution is 7.89. The second-order valence-corrected chi connectivity index (χ2v) is 7.02. The van der Waals surface area contributed by atoms with Gasteiger partial charge in [-0.2, -0.15) is 4.31 Å². The van der Waals surface area contributed by atoms with Gasteiger partial charge >= 0.3 is 6.03 Å². The van der Waals surface area contributed by atoms with Crippen molar-refractivity contribution in [2.24, 2.45) is 0 Å². The van der Waals surface area contributed by atoms with Gasteiger partial charge in [0.2, 0.25) is 10.0 Å². The molecular formula is C16H19N3O3S. The number of hydrogen-bond donors (Lipinski definition) is 2. The minimum absolute atomic E-state index is 0.179. The second-order valence-electron chi connectivity index (χ2n) is 4.98. The molecule has 0 atom stereocenters. The van der Waals surface area contributed by atoms with Gasteiger partial charge in [-0.25, -0.2) is 13.2 Å². The molecule has 23 heavy (non-hydrogen) atoms. The van der Waals surface area contributed by atoms with E-state index in [1.54, 1.807) is 19.2 Å². The van der Waals surface area contributed by atoms with Crippen molar-refractivity contribution in [3.05, 3.63) is 60.2 Å². The molecular weight excluding hydrogens is 314 g/mol. The van der Waals surface area contributed by atoms with Crippen LogP contribution in [0.5, 0.6) is 0 Å². The highest BCUT2D eigenvalue weighted by Gasteiger charge is 2.20. The first-order valence-corrected chi connectivity index (χ1v) is 8.46. The van der Waals surface area contributed by atoms with Crippen LogP contribution >= 0.6 is 0 Å². The minimum atomic E-state index is -3.58. The molecule has 0 bridgehead atoms. The van der Waals surface area contributed by atoms with Crippen LogP contribution in [0.1, 0.15) is 5.56 Å². The molecule has 0 heterocycles. The van der Waals surface area contributed by atoms with Crippen molar-refractivity contribution >= 4 is 21.7 Å². The quantitative estimate of drug-likeness (QED) is 0.881. The summed E-state index contributed by atoms with van der Waals surface area (Å²) in [5.74, 6) is 0. The Labute approximate surface area is 136 Å². The summed E-state index contributed by atoms with van der Waals surface area (Å²) in [4.78, 5) is 11.4. The molecule has 0 saturated heterocycles. The Morgan fingerprint density at radius 1 is 1.04 bits per heavy atom. The van der Waals surface area contributed by atoms with E-state index in [9.17, 15) is 13.2 Å². The number of carbonyl (C=O) groups excluding carboxylic acids is 1. The third kappa shape index (κ3) is 4.30. The molecule has 0 aliphatic carbocycles. The highest BCUT2D eigenvalue weighted by atomic mass is 32.2. The standard InChI is InChI=1S/C16H19N3O3S/c1-17-16(20)18-14-8-10-15(11-9-14)23(21,22)19(2)12-13-6-4-3-5-7-13/h3-11H,12H2,1-2H3,(H2,17,18,20). The predicted octanol–water partition coefficient (Wildman–Crippen LogP) is 2.26. The summed E-state index contributed by atoms with van der Waals surface area (Å²) in [5, 5.41) is 5.01. The second kappa shape index (κ2) is 7.26. The van der Waals surface area contributed by atoms with Gasteiger partial charge in [0.1, 0.15) is 0 Å². The fraction of sp³-hybridized carbons (Fsp3) is 0.188. The SMILES string of the molecule is CNC(=O)Nc1ccc(S(=O)(=O)N(C)Cc2ccccc2)cc1. The molecule has 7 heteroatoms. The number of rotatable bonds is 5. The van der Waals surface area contributed by atoms with Crippen LogP contribution in [0.15, 0.2) is 59.5 Å². The average Bonchev–Trinajstić information content (AvgIpc) is 2.56. The van der Waals surface area contributed by atoms with Crippen LogP contribution in [0.25, 0.3) is 0 Å². The average molecular weight is 333 g/mol. The lowest BCUT2D eigenvalue weighted by atomic mass is 10.2. The Hall–Kier alpha value is -2.38. The van der Waals surface area contributed by atoms with Gasteiger partial charge in [-0.1, -0.05) is 30.3 Å². The number of nitrogens with zero attached hydrogens (tertiary/aromatic N) is 1. The van der Waals surface area contributed by atoms with Crippen molar-refractivity contribution in [2.75, 3.05) is 19.4 Å². The zero-order chi connectivity index (χ0) is 16.9. The number of urea groups is 1. The van der Waals surface area contributed by atoms with Gasteiger partial charge in [0.05, 0.1) is 4.90 Å². The van der Waals surface area contributed by atoms with Crippen LogP contribution in [0, 0.1) is 0 Å². The smallest absolute Gasteiger partial charge is 0.318 e. The fourth-order valence-corrected chi connectivity index (χ4v) is 3.17. The summed E-state index contributed by atoms with van der Waals surface area (Å²) >= 11 is 0. The zero-order valence-corrected chi connectivity index (χ0v) is 13.8. The predicted molar refractivity (Wildman–Crippen MR) is 89.6 cm³/mol. The molecule has 0 aromatic heterocycles. The van der Waals surface area contributed by atoms with E-state index in [0.717, 1.165) is 5.56 Å². The number of benzene rings is 2. The zero-order valence-electron chi connectivity index (χ0n) is 13.0. The first kappa shape index (κ1) is 17.0. The van der Waals surface area contributed by atoms with Crippen molar-refractivity contribution in [3.8, 4) is 0 Å². The van der Waals surface area contributed by atoms with E-state index in [-0.39, 0.29) is 10.9 Å². The topological polar surface area (TPSA) is 78.5 Å². The van der Waals surface area contributed by atoms with Gasteiger partial charge in [0, 0.05) is 26.3 Å². The van der Waals surface area contributed by atoms with Crippen molar-refractivity contribution in [3.63, 3.8) is 0 Å². The van der Waals surface area contributed by atoms with Crippen LogP contribution in [0.4, 0.5) is 10.5 Å². The molecule has 2 amide bonds. The first-order valence-electron chi connectivity index (χ1n) is 7.02. The molecule has 0 aliphatic heterocycles. The van der Waals surface area contributed by atoms with Crippen molar-refractivity contribution in [2.45, 2.75) is 11.4 Å². The maximum absolute atomic E-state index is 12.6. The van der Waals surface area contributed by atoms with E-state index >= 15 is 0 Å². The van der Waals surface area contributed by atoms with Gasteiger partial charge in [0.25, 0.3) is 0 Å². The molecule has 2 rings (SSSR count). The maximum atomic E-state index is 12.6. The summed E-state index contributed by atoms with van der Waals surface area (Å²) in [6, 6.07) is 15.1. The van der Waals surface area contributed by atoms with Crippen LogP contribution in [-0.4, -0.2) is 32.8 Å². The lowest BCUT2D eigenvalue weighted by Gasteiger charge is -2.17. The van der Waals surface area contributed by atoms with E-state index in [1.165, 1.54) is 23.5 Å². The number of amides is 2. The number of sulfonamides is 1. The van der Waals surface area contributed by atoms with Crippen molar-refractivity contribution in [1.82, 2.24) is 9.62 Å². The molecule has 0 saturated carbocycles. The Bertz CT molecular complexity index is 759. The lowest BCUT2D eigenvalue weighted by Crippen LogP contribution is -2.26. The maximum Gasteiger partial charge on any atom is 0.318 e. The van der Waals surface area contributed by atoms with Gasteiger partial charge in [-0.15, -0.1) is 0 Å². The number of carbonyl (C=O) groups is 1. The third-order valence-corrected chi connectivity index (χ3v) is 5.11. The van der Waals surface area contributed by atoms with Crippen molar-refractivity contribution in [1.29, 1.82) is 0 Å². The number of anilines is 1. The van der Waals surface area contributed by atoms with Gasteiger partial charge in [-0.3, -0.25) is 0 Å². The Kier molecular flexibility index (Phi) is 5.36. The van der Waals surface area contributed by atoms with E-state index in [0.29, 0.717) is 12.2 Å². The molecule has 2 aromatic carbocycles. The van der Waals surface area contributed by atoms with Gasteiger partial charge in [-0.05, 0) is 29.8 Å². The summed E-state index contributed by atoms with van der Waals surface area (Å²) in [7, 11) is -0.536. The Morgan fingerprint density at radius 2 is 1.65 bits per heavy atom. The molecule has 122 valence electrons. The largest absolute Gasteiger partial charge is 0.341 e. The molecule has 2 N–H and O–H groups in total. The molecule has 0 aliphatic rings. The van der Waals surface area contributed by atoms with Gasteiger partial charge < -0.3 is 10.6 Å². The van der Waals surface area contributed by atoms with E-state index in [2.05, 4.69) is 10.6 Å². The third-order valence-electron chi connectivity index (χ3n) is 3.30. The van der Waals surface area contributed by atoms with Crippen LogP contribution in [0.2, 0.25) is 0 Å². The fourth-order valence-electron chi connectivity index (χ4n) is 2.01. The van der Waals surface area contributed by atoms with Crippen molar-refractivity contribution < 1.29 is 13.2 Å². The van der Waals surface area contributed by atoms with E-state index in [4.69, 9.17) is 0 Å². The van der Waals surface area contributed by atoms with Crippen LogP contribution in [-0.2, 0) is 16.6 Å².